The van der Waals surface area contributed by atoms with Gasteiger partial charge in [0.05, 0.1) is 17.0 Å². The Bertz CT molecular complexity index is 964. The molecule has 6 nitrogen and oxygen atoms in total. The van der Waals surface area contributed by atoms with E-state index in [-0.39, 0.29) is 24.3 Å². The Morgan fingerprint density at radius 2 is 1.97 bits per heavy atom. The number of rotatable bonds is 3. The highest BCUT2D eigenvalue weighted by Gasteiger charge is 2.35. The van der Waals surface area contributed by atoms with Crippen LogP contribution >= 0.6 is 11.8 Å². The molecule has 2 amide bonds. The Morgan fingerprint density at radius 3 is 2.86 bits per heavy atom. The molecule has 0 bridgehead atoms. The lowest BCUT2D eigenvalue weighted by Gasteiger charge is -2.29. The van der Waals surface area contributed by atoms with Crippen molar-refractivity contribution in [3.8, 4) is 11.5 Å². The van der Waals surface area contributed by atoms with Crippen LogP contribution in [0.25, 0.3) is 0 Å². The number of carbonyl (C=O) groups excluding carboxylic acids is 2. The summed E-state index contributed by atoms with van der Waals surface area (Å²) in [4.78, 5) is 28.5. The molecular weight excluding hydrogens is 388 g/mol. The number of likely N-dealkylation sites (tertiary alicyclic amines) is 1. The van der Waals surface area contributed by atoms with Gasteiger partial charge in [-0.3, -0.25) is 9.59 Å². The van der Waals surface area contributed by atoms with Gasteiger partial charge >= 0.3 is 0 Å². The Kier molecular flexibility index (Phi) is 4.83. The summed E-state index contributed by atoms with van der Waals surface area (Å²) in [5.41, 5.74) is 1.88. The normalized spacial score (nSPS) is 22.8. The Morgan fingerprint density at radius 1 is 1.14 bits per heavy atom. The van der Waals surface area contributed by atoms with Gasteiger partial charge < -0.3 is 19.7 Å². The highest BCUT2D eigenvalue weighted by Crippen LogP contribution is 2.40. The molecule has 0 spiro atoms. The highest BCUT2D eigenvalue weighted by molar-refractivity contribution is 8.01. The first-order valence-corrected chi connectivity index (χ1v) is 10.8. The van der Waals surface area contributed by atoms with Crippen LogP contribution in [-0.2, 0) is 9.59 Å². The second kappa shape index (κ2) is 7.63. The van der Waals surface area contributed by atoms with Crippen molar-refractivity contribution in [2.45, 2.75) is 35.4 Å². The van der Waals surface area contributed by atoms with E-state index in [0.717, 1.165) is 40.5 Å². The zero-order chi connectivity index (χ0) is 19.8. The van der Waals surface area contributed by atoms with Crippen LogP contribution < -0.4 is 14.8 Å². The number of ether oxygens (including phenoxy) is 2. The highest BCUT2D eigenvalue weighted by atomic mass is 32.2. The number of anilines is 1. The number of benzene rings is 2. The molecule has 1 saturated heterocycles. The van der Waals surface area contributed by atoms with Crippen LogP contribution in [0, 0.1) is 0 Å². The second-order valence-electron chi connectivity index (χ2n) is 7.44. The third-order valence-corrected chi connectivity index (χ3v) is 6.87. The first kappa shape index (κ1) is 18.4. The predicted octanol–water partition coefficient (Wildman–Crippen LogP) is 3.62. The van der Waals surface area contributed by atoms with Crippen LogP contribution in [0.2, 0.25) is 0 Å². The molecule has 3 aliphatic heterocycles. The summed E-state index contributed by atoms with van der Waals surface area (Å²) >= 11 is 1.47. The average molecular weight is 410 g/mol. The molecule has 2 aromatic carbocycles. The smallest absolute Gasteiger partial charge is 0.238 e. The van der Waals surface area contributed by atoms with Gasteiger partial charge in [-0.2, -0.15) is 0 Å². The van der Waals surface area contributed by atoms with Gasteiger partial charge in [-0.05, 0) is 42.7 Å². The number of fused-ring (bicyclic) bond motifs is 2. The molecule has 29 heavy (non-hydrogen) atoms. The van der Waals surface area contributed by atoms with Gasteiger partial charge in [0, 0.05) is 17.9 Å². The number of para-hydroxylation sites is 1. The molecular formula is C22H22N2O4S. The predicted molar refractivity (Wildman–Crippen MR) is 110 cm³/mol. The molecule has 0 aromatic heterocycles. The number of thioether (sulfide) groups is 1. The van der Waals surface area contributed by atoms with Crippen molar-refractivity contribution < 1.29 is 19.1 Å². The maximum absolute atomic E-state index is 13.1. The van der Waals surface area contributed by atoms with E-state index in [1.807, 2.05) is 47.4 Å². The monoisotopic (exact) mass is 410 g/mol. The Balaban J connectivity index is 1.31. The second-order valence-corrected chi connectivity index (χ2v) is 8.69. The van der Waals surface area contributed by atoms with Crippen molar-refractivity contribution in [1.29, 1.82) is 0 Å². The maximum Gasteiger partial charge on any atom is 0.238 e. The van der Waals surface area contributed by atoms with E-state index in [4.69, 9.17) is 9.47 Å². The number of nitrogens with zero attached hydrogens (tertiary/aromatic N) is 1. The van der Waals surface area contributed by atoms with Crippen molar-refractivity contribution in [2.75, 3.05) is 25.1 Å². The van der Waals surface area contributed by atoms with Crippen LogP contribution in [0.15, 0.2) is 47.4 Å². The summed E-state index contributed by atoms with van der Waals surface area (Å²) in [5.74, 6) is 1.42. The SMILES string of the molecule is O=C1Nc2ccccc2SC1CC(=O)N1CCCC1c1ccc2c(c1)OCCO2. The van der Waals surface area contributed by atoms with Crippen LogP contribution in [0.1, 0.15) is 30.9 Å². The van der Waals surface area contributed by atoms with Crippen LogP contribution in [0.4, 0.5) is 5.69 Å². The summed E-state index contributed by atoms with van der Waals surface area (Å²) in [6, 6.07) is 13.6. The summed E-state index contributed by atoms with van der Waals surface area (Å²) in [6.07, 6.45) is 2.07. The first-order chi connectivity index (χ1) is 14.2. The van der Waals surface area contributed by atoms with Crippen molar-refractivity contribution in [3.05, 3.63) is 48.0 Å². The minimum absolute atomic E-state index is 0.0160. The molecule has 0 radical (unpaired) electrons. The topological polar surface area (TPSA) is 67.9 Å². The molecule has 0 aliphatic carbocycles. The van der Waals surface area contributed by atoms with Gasteiger partial charge in [0.25, 0.3) is 0 Å². The molecule has 150 valence electrons. The van der Waals surface area contributed by atoms with E-state index < -0.39 is 5.25 Å². The minimum Gasteiger partial charge on any atom is -0.486 e. The Hall–Kier alpha value is -2.67. The number of hydrogen-bond acceptors (Lipinski definition) is 5. The number of nitrogens with one attached hydrogen (secondary N) is 1. The summed E-state index contributed by atoms with van der Waals surface area (Å²) in [7, 11) is 0. The molecule has 0 saturated carbocycles. The standard InChI is InChI=1S/C22H22N2O4S/c25-21(13-20-22(26)23-15-4-1-2-6-19(15)29-20)24-9-3-5-16(24)14-7-8-17-18(12-14)28-11-10-27-17/h1-2,4,6-8,12,16,20H,3,5,9-11,13H2,(H,23,26). The third-order valence-electron chi connectivity index (χ3n) is 5.59. The third kappa shape index (κ3) is 3.55. The lowest BCUT2D eigenvalue weighted by atomic mass is 10.0. The fraction of sp³-hybridized carbons (Fsp3) is 0.364. The molecule has 1 fully saturated rings. The van der Waals surface area contributed by atoms with Crippen molar-refractivity contribution in [3.63, 3.8) is 0 Å². The quantitative estimate of drug-likeness (QED) is 0.837. The van der Waals surface area contributed by atoms with E-state index in [0.29, 0.717) is 19.8 Å². The molecule has 5 rings (SSSR count). The lowest BCUT2D eigenvalue weighted by molar-refractivity contribution is -0.133. The van der Waals surface area contributed by atoms with Crippen molar-refractivity contribution >= 4 is 29.3 Å². The average Bonchev–Trinajstić information content (AvgIpc) is 3.24. The molecule has 3 aliphatic rings. The molecule has 1 N–H and O–H groups in total. The van der Waals surface area contributed by atoms with E-state index >= 15 is 0 Å². The van der Waals surface area contributed by atoms with Gasteiger partial charge in [-0.1, -0.05) is 18.2 Å². The number of amides is 2. The largest absolute Gasteiger partial charge is 0.486 e. The van der Waals surface area contributed by atoms with Gasteiger partial charge in [0.15, 0.2) is 11.5 Å². The van der Waals surface area contributed by atoms with E-state index in [1.165, 1.54) is 11.8 Å². The Labute approximate surface area is 173 Å². The van der Waals surface area contributed by atoms with E-state index in [9.17, 15) is 9.59 Å². The molecule has 2 unspecified atom stereocenters. The van der Waals surface area contributed by atoms with Crippen LogP contribution in [0.5, 0.6) is 11.5 Å². The fourth-order valence-corrected chi connectivity index (χ4v) is 5.28. The van der Waals surface area contributed by atoms with Crippen LogP contribution in [-0.4, -0.2) is 41.7 Å². The molecule has 3 heterocycles. The number of hydrogen-bond donors (Lipinski definition) is 1. The van der Waals surface area contributed by atoms with Gasteiger partial charge in [0.1, 0.15) is 13.2 Å². The lowest BCUT2D eigenvalue weighted by Crippen LogP contribution is -2.37. The van der Waals surface area contributed by atoms with E-state index in [1.54, 1.807) is 0 Å². The van der Waals surface area contributed by atoms with Crippen LogP contribution in [0.3, 0.4) is 0 Å². The zero-order valence-corrected chi connectivity index (χ0v) is 16.7. The summed E-state index contributed by atoms with van der Waals surface area (Å²) in [5, 5.41) is 2.52. The minimum atomic E-state index is -0.404. The fourth-order valence-electron chi connectivity index (χ4n) is 4.18. The summed E-state index contributed by atoms with van der Waals surface area (Å²) in [6.45, 7) is 1.82. The maximum atomic E-state index is 13.1. The molecule has 7 heteroatoms. The van der Waals surface area contributed by atoms with Gasteiger partial charge in [0.2, 0.25) is 11.8 Å². The number of carbonyl (C=O) groups is 2. The van der Waals surface area contributed by atoms with Gasteiger partial charge in [-0.25, -0.2) is 0 Å². The van der Waals surface area contributed by atoms with Crippen molar-refractivity contribution in [1.82, 2.24) is 4.90 Å². The molecule has 2 aromatic rings. The zero-order valence-electron chi connectivity index (χ0n) is 15.9. The molecule has 2 atom stereocenters. The van der Waals surface area contributed by atoms with Gasteiger partial charge in [-0.15, -0.1) is 11.8 Å². The summed E-state index contributed by atoms with van der Waals surface area (Å²) < 4.78 is 11.3. The first-order valence-electron chi connectivity index (χ1n) is 9.94. The van der Waals surface area contributed by atoms with E-state index in [2.05, 4.69) is 5.32 Å². The van der Waals surface area contributed by atoms with Crippen molar-refractivity contribution in [2.24, 2.45) is 0 Å².